The smallest absolute Gasteiger partial charge is 0.255 e. The van der Waals surface area contributed by atoms with E-state index in [0.717, 1.165) is 6.42 Å². The highest BCUT2D eigenvalue weighted by Crippen LogP contribution is 2.30. The number of hydrogen-bond donors (Lipinski definition) is 2. The van der Waals surface area contributed by atoms with Crippen LogP contribution in [0, 0.1) is 5.92 Å². The van der Waals surface area contributed by atoms with Gasteiger partial charge in [0.05, 0.1) is 12.2 Å². The molecule has 1 saturated carbocycles. The second-order valence-electron chi connectivity index (χ2n) is 5.34. The van der Waals surface area contributed by atoms with Crippen molar-refractivity contribution in [3.05, 3.63) is 29.8 Å². The first-order valence-electron chi connectivity index (χ1n) is 7.38. The molecule has 0 radical (unpaired) electrons. The van der Waals surface area contributed by atoms with Crippen molar-refractivity contribution in [2.45, 2.75) is 38.6 Å². The molecule has 0 heterocycles. The lowest BCUT2D eigenvalue weighted by Crippen LogP contribution is -2.35. The molecule has 1 atom stereocenters. The number of aliphatic hydroxyl groups is 1. The van der Waals surface area contributed by atoms with Crippen molar-refractivity contribution in [1.29, 1.82) is 0 Å². The predicted molar refractivity (Wildman–Crippen MR) is 77.9 cm³/mol. The highest BCUT2D eigenvalue weighted by molar-refractivity contribution is 5.97. The second kappa shape index (κ2) is 7.29. The molecule has 1 aromatic rings. The van der Waals surface area contributed by atoms with Crippen LogP contribution in [-0.2, 0) is 0 Å². The second-order valence-corrected chi connectivity index (χ2v) is 5.34. The summed E-state index contributed by atoms with van der Waals surface area (Å²) in [5.74, 6) is 1.18. The van der Waals surface area contributed by atoms with E-state index in [9.17, 15) is 4.79 Å². The number of rotatable bonds is 8. The van der Waals surface area contributed by atoms with E-state index in [2.05, 4.69) is 5.32 Å². The van der Waals surface area contributed by atoms with E-state index in [-0.39, 0.29) is 18.6 Å². The molecular weight excluding hydrogens is 254 g/mol. The average Bonchev–Trinajstić information content (AvgIpc) is 3.29. The Balaban J connectivity index is 1.99. The summed E-state index contributed by atoms with van der Waals surface area (Å²) in [5, 5.41) is 11.9. The minimum atomic E-state index is -0.128. The summed E-state index contributed by atoms with van der Waals surface area (Å²) < 4.78 is 5.75. The third kappa shape index (κ3) is 4.23. The van der Waals surface area contributed by atoms with E-state index in [4.69, 9.17) is 9.84 Å². The van der Waals surface area contributed by atoms with Crippen molar-refractivity contribution in [3.63, 3.8) is 0 Å². The first kappa shape index (κ1) is 14.9. The highest BCUT2D eigenvalue weighted by Gasteiger charge is 2.23. The minimum Gasteiger partial charge on any atom is -0.492 e. The Morgan fingerprint density at radius 3 is 2.85 bits per heavy atom. The molecule has 0 spiro atoms. The first-order valence-corrected chi connectivity index (χ1v) is 7.38. The van der Waals surface area contributed by atoms with Gasteiger partial charge in [-0.2, -0.15) is 0 Å². The van der Waals surface area contributed by atoms with E-state index < -0.39 is 0 Å². The standard InChI is InChI=1S/C16H23NO3/c1-2-13(9-10-18)17-16(19)14-5-3-4-6-15(14)20-11-12-7-8-12/h3-6,12-13,18H,2,7-11H2,1H3,(H,17,19). The maximum Gasteiger partial charge on any atom is 0.255 e. The number of carbonyl (C=O) groups is 1. The molecule has 2 N–H and O–H groups in total. The third-order valence-corrected chi connectivity index (χ3v) is 3.61. The van der Waals surface area contributed by atoms with Gasteiger partial charge in [0.1, 0.15) is 5.75 Å². The van der Waals surface area contributed by atoms with Crippen molar-refractivity contribution < 1.29 is 14.6 Å². The fourth-order valence-corrected chi connectivity index (χ4v) is 2.07. The van der Waals surface area contributed by atoms with Crippen LogP contribution in [0.2, 0.25) is 0 Å². The summed E-state index contributed by atoms with van der Waals surface area (Å²) in [5.41, 5.74) is 0.574. The molecule has 1 unspecified atom stereocenters. The largest absolute Gasteiger partial charge is 0.492 e. The van der Waals surface area contributed by atoms with Crippen LogP contribution in [0.1, 0.15) is 43.0 Å². The maximum atomic E-state index is 12.3. The number of carbonyl (C=O) groups excluding carboxylic acids is 1. The van der Waals surface area contributed by atoms with Crippen LogP contribution in [-0.4, -0.2) is 30.3 Å². The molecule has 2 rings (SSSR count). The molecule has 1 aliphatic rings. The molecule has 110 valence electrons. The zero-order valence-corrected chi connectivity index (χ0v) is 12.0. The highest BCUT2D eigenvalue weighted by atomic mass is 16.5. The summed E-state index contributed by atoms with van der Waals surface area (Å²) in [6, 6.07) is 7.34. The predicted octanol–water partition coefficient (Wildman–Crippen LogP) is 2.37. The van der Waals surface area contributed by atoms with Crippen LogP contribution in [0.25, 0.3) is 0 Å². The van der Waals surface area contributed by atoms with Crippen molar-refractivity contribution in [1.82, 2.24) is 5.32 Å². The Hall–Kier alpha value is -1.55. The van der Waals surface area contributed by atoms with Gasteiger partial charge in [0.15, 0.2) is 0 Å². The van der Waals surface area contributed by atoms with Crippen molar-refractivity contribution in [3.8, 4) is 5.75 Å². The number of nitrogens with one attached hydrogen (secondary N) is 1. The van der Waals surface area contributed by atoms with Gasteiger partial charge >= 0.3 is 0 Å². The number of amides is 1. The van der Waals surface area contributed by atoms with E-state index in [0.29, 0.717) is 30.3 Å². The Morgan fingerprint density at radius 1 is 1.45 bits per heavy atom. The van der Waals surface area contributed by atoms with E-state index in [1.807, 2.05) is 25.1 Å². The average molecular weight is 277 g/mol. The lowest BCUT2D eigenvalue weighted by molar-refractivity contribution is 0.0924. The Labute approximate surface area is 120 Å². The van der Waals surface area contributed by atoms with Gasteiger partial charge in [0.25, 0.3) is 5.91 Å². The molecule has 1 amide bonds. The van der Waals surface area contributed by atoms with Gasteiger partial charge in [0.2, 0.25) is 0 Å². The van der Waals surface area contributed by atoms with Crippen LogP contribution in [0.3, 0.4) is 0 Å². The van der Waals surface area contributed by atoms with Crippen LogP contribution < -0.4 is 10.1 Å². The zero-order valence-electron chi connectivity index (χ0n) is 12.0. The van der Waals surface area contributed by atoms with Gasteiger partial charge in [-0.25, -0.2) is 0 Å². The molecule has 1 aliphatic carbocycles. The fraction of sp³-hybridized carbons (Fsp3) is 0.562. The molecule has 4 nitrogen and oxygen atoms in total. The minimum absolute atomic E-state index is 0.00369. The Bertz CT molecular complexity index is 443. The normalized spacial score (nSPS) is 15.7. The van der Waals surface area contributed by atoms with E-state index in [1.165, 1.54) is 12.8 Å². The number of hydrogen-bond acceptors (Lipinski definition) is 3. The van der Waals surface area contributed by atoms with Crippen molar-refractivity contribution >= 4 is 5.91 Å². The topological polar surface area (TPSA) is 58.6 Å². The van der Waals surface area contributed by atoms with E-state index in [1.54, 1.807) is 6.07 Å². The molecule has 1 fully saturated rings. The maximum absolute atomic E-state index is 12.3. The van der Waals surface area contributed by atoms with Crippen LogP contribution in [0.4, 0.5) is 0 Å². The Kier molecular flexibility index (Phi) is 5.41. The van der Waals surface area contributed by atoms with Crippen LogP contribution >= 0.6 is 0 Å². The molecule has 0 aliphatic heterocycles. The van der Waals surface area contributed by atoms with Gasteiger partial charge in [0, 0.05) is 12.6 Å². The van der Waals surface area contributed by atoms with E-state index >= 15 is 0 Å². The summed E-state index contributed by atoms with van der Waals surface area (Å²) >= 11 is 0. The summed E-state index contributed by atoms with van der Waals surface area (Å²) in [4.78, 5) is 12.3. The quantitative estimate of drug-likeness (QED) is 0.767. The molecule has 4 heteroatoms. The van der Waals surface area contributed by atoms with Crippen LogP contribution in [0.15, 0.2) is 24.3 Å². The zero-order chi connectivity index (χ0) is 14.4. The molecule has 0 bridgehead atoms. The van der Waals surface area contributed by atoms with Crippen molar-refractivity contribution in [2.75, 3.05) is 13.2 Å². The van der Waals surface area contributed by atoms with Gasteiger partial charge < -0.3 is 15.2 Å². The lowest BCUT2D eigenvalue weighted by atomic mass is 10.1. The third-order valence-electron chi connectivity index (χ3n) is 3.61. The SMILES string of the molecule is CCC(CCO)NC(=O)c1ccccc1OCC1CC1. The van der Waals surface area contributed by atoms with Crippen LogP contribution in [0.5, 0.6) is 5.75 Å². The van der Waals surface area contributed by atoms with Gasteiger partial charge in [-0.15, -0.1) is 0 Å². The molecule has 0 aromatic heterocycles. The molecule has 0 saturated heterocycles. The fourth-order valence-electron chi connectivity index (χ4n) is 2.07. The summed E-state index contributed by atoms with van der Waals surface area (Å²) in [6.07, 6.45) is 3.83. The number of benzene rings is 1. The molecule has 20 heavy (non-hydrogen) atoms. The number of aliphatic hydroxyl groups excluding tert-OH is 1. The first-order chi connectivity index (χ1) is 9.74. The Morgan fingerprint density at radius 2 is 2.20 bits per heavy atom. The number of ether oxygens (including phenoxy) is 1. The number of para-hydroxylation sites is 1. The summed E-state index contributed by atoms with van der Waals surface area (Å²) in [6.45, 7) is 2.77. The van der Waals surface area contributed by atoms with Gasteiger partial charge in [-0.1, -0.05) is 19.1 Å². The summed E-state index contributed by atoms with van der Waals surface area (Å²) in [7, 11) is 0. The van der Waals surface area contributed by atoms with Crippen molar-refractivity contribution in [2.24, 2.45) is 5.92 Å². The molecule has 1 aromatic carbocycles. The van der Waals surface area contributed by atoms with Gasteiger partial charge in [-0.3, -0.25) is 4.79 Å². The van der Waals surface area contributed by atoms with Gasteiger partial charge in [-0.05, 0) is 43.7 Å². The molecular formula is C16H23NO3. The monoisotopic (exact) mass is 277 g/mol. The lowest BCUT2D eigenvalue weighted by Gasteiger charge is -2.17.